The van der Waals surface area contributed by atoms with Crippen LogP contribution in [0.3, 0.4) is 0 Å². The monoisotopic (exact) mass is 1510 g/mol. The largest absolute Gasteiger partial charge is 0.381 e. The summed E-state index contributed by atoms with van der Waals surface area (Å²) in [5.41, 5.74) is 1.87. The van der Waals surface area contributed by atoms with Gasteiger partial charge in [-0.1, -0.05) is 117 Å². The number of amides is 2. The minimum atomic E-state index is -0.0664. The first-order chi connectivity index (χ1) is 50.0. The molecule has 0 aromatic heterocycles. The maximum absolute atomic E-state index is 11.1. The Morgan fingerprint density at radius 2 is 0.579 bits per heavy atom. The molecule has 0 aromatic carbocycles. The molecule has 8 heterocycles. The number of hydrogen-bond acceptors (Lipinski definition) is 11. The molecule has 8 fully saturated rings. The first kappa shape index (κ1) is 104. The molecule has 638 valence electrons. The second-order valence-corrected chi connectivity index (χ2v) is 41.4. The van der Waals surface area contributed by atoms with Crippen LogP contribution in [0, 0.1) is 45.8 Å². The molecule has 0 radical (unpaired) electrons. The highest BCUT2D eigenvalue weighted by atomic mass is 16.5. The van der Waals surface area contributed by atoms with Crippen LogP contribution in [0.15, 0.2) is 0 Å². The van der Waals surface area contributed by atoms with Crippen molar-refractivity contribution in [2.24, 2.45) is 45.8 Å². The summed E-state index contributed by atoms with van der Waals surface area (Å²) in [6, 6.07) is 0. The van der Waals surface area contributed by atoms with Gasteiger partial charge in [-0.15, -0.1) is 0 Å². The van der Waals surface area contributed by atoms with E-state index >= 15 is 0 Å². The molecule has 0 unspecified atom stereocenters. The lowest BCUT2D eigenvalue weighted by Crippen LogP contribution is -2.44. The second kappa shape index (κ2) is 56.0. The Bertz CT molecular complexity index is 2050. The van der Waals surface area contributed by atoms with E-state index < -0.39 is 0 Å². The van der Waals surface area contributed by atoms with Gasteiger partial charge >= 0.3 is 0 Å². The third-order valence-electron chi connectivity index (χ3n) is 23.2. The highest BCUT2D eigenvalue weighted by molar-refractivity contribution is 5.73. The molecule has 0 N–H and O–H groups in total. The molecule has 0 saturated carbocycles. The number of carbonyl (C=O) groups excluding carboxylic acids is 2. The van der Waals surface area contributed by atoms with Crippen LogP contribution in [0.1, 0.15) is 373 Å². The SMILES string of the molecule is CC(=O)N1CCC(CCC(C)(C)C)CC1.CC(=O)N1CCC(OC(C)(C)C)CC1.CC(C)(C)N1CCCCC1.CCCN1CCC(CC(C)C)CC1.CCCN1CCC(CCC(C)(C)C)CC1.CCCN1CCC(CCC(C)(C)C)CC1.CCCN1CCC(OC(C)(C)C)CC1.CCCN1CCC(OC)CC1. The molecule has 8 saturated heterocycles. The van der Waals surface area contributed by atoms with Gasteiger partial charge in [0.25, 0.3) is 0 Å². The van der Waals surface area contributed by atoms with E-state index in [-0.39, 0.29) is 23.0 Å². The Labute approximate surface area is 669 Å². The summed E-state index contributed by atoms with van der Waals surface area (Å²) in [5.74, 6) is 5.20. The van der Waals surface area contributed by atoms with E-state index in [2.05, 4.69) is 202 Å². The molecular weight excluding hydrogens is 1320 g/mol. The molecule has 8 aliphatic heterocycles. The summed E-state index contributed by atoms with van der Waals surface area (Å²) >= 11 is 0. The van der Waals surface area contributed by atoms with Crippen LogP contribution >= 0.6 is 0 Å². The summed E-state index contributed by atoms with van der Waals surface area (Å²) in [5, 5.41) is 0. The molecule has 8 rings (SSSR count). The number of methoxy groups -OCH3 is 1. The maximum atomic E-state index is 11.1. The fraction of sp³-hybridized carbons (Fsp3) is 0.979. The highest BCUT2D eigenvalue weighted by Gasteiger charge is 2.29. The highest BCUT2D eigenvalue weighted by Crippen LogP contribution is 2.33. The number of likely N-dealkylation sites (tertiary alicyclic amines) is 8. The van der Waals surface area contributed by atoms with Crippen molar-refractivity contribution in [3.05, 3.63) is 0 Å². The lowest BCUT2D eigenvalue weighted by Gasteiger charge is -2.38. The van der Waals surface area contributed by atoms with E-state index in [4.69, 9.17) is 14.2 Å². The molecule has 13 heteroatoms. The van der Waals surface area contributed by atoms with Crippen LogP contribution in [0.25, 0.3) is 0 Å². The summed E-state index contributed by atoms with van der Waals surface area (Å²) in [6.07, 6.45) is 39.7. The van der Waals surface area contributed by atoms with Gasteiger partial charge in [-0.05, 0) is 373 Å². The third kappa shape index (κ3) is 56.5. The molecule has 107 heavy (non-hydrogen) atoms. The van der Waals surface area contributed by atoms with E-state index in [1.807, 2.05) is 16.9 Å². The maximum Gasteiger partial charge on any atom is 0.219 e. The number of hydrogen-bond donors (Lipinski definition) is 0. The van der Waals surface area contributed by atoms with Crippen LogP contribution in [0.2, 0.25) is 0 Å². The van der Waals surface area contributed by atoms with Gasteiger partial charge in [0.2, 0.25) is 11.8 Å². The fourth-order valence-electron chi connectivity index (χ4n) is 16.6. The molecule has 0 atom stereocenters. The van der Waals surface area contributed by atoms with Crippen molar-refractivity contribution >= 4 is 11.8 Å². The van der Waals surface area contributed by atoms with Gasteiger partial charge in [0, 0.05) is 78.9 Å². The van der Waals surface area contributed by atoms with Gasteiger partial charge in [0.05, 0.1) is 29.5 Å². The zero-order chi connectivity index (χ0) is 80.9. The van der Waals surface area contributed by atoms with Crippen LogP contribution < -0.4 is 0 Å². The average molecular weight is 1510 g/mol. The summed E-state index contributed by atoms with van der Waals surface area (Å²) in [4.78, 5) is 41.6. The lowest BCUT2D eigenvalue weighted by atomic mass is 9.83. The van der Waals surface area contributed by atoms with Crippen molar-refractivity contribution in [2.75, 3.05) is 145 Å². The van der Waals surface area contributed by atoms with Gasteiger partial charge in [0.1, 0.15) is 0 Å². The molecule has 13 nitrogen and oxygen atoms in total. The molecule has 0 aliphatic carbocycles. The van der Waals surface area contributed by atoms with Crippen LogP contribution in [0.4, 0.5) is 0 Å². The van der Waals surface area contributed by atoms with Crippen molar-refractivity contribution in [2.45, 2.75) is 408 Å². The summed E-state index contributed by atoms with van der Waals surface area (Å²) in [6.45, 7) is 85.7. The minimum absolute atomic E-state index is 0.0254. The van der Waals surface area contributed by atoms with Crippen LogP contribution in [0.5, 0.6) is 0 Å². The predicted molar refractivity (Wildman–Crippen MR) is 468 cm³/mol. The Morgan fingerprint density at radius 3 is 0.804 bits per heavy atom. The Balaban J connectivity index is 0.000000613. The Hall–Kier alpha value is -1.42. The number of rotatable bonds is 21. The van der Waals surface area contributed by atoms with Gasteiger partial charge in [-0.2, -0.15) is 0 Å². The van der Waals surface area contributed by atoms with Gasteiger partial charge in [-0.3, -0.25) is 14.5 Å². The molecule has 0 bridgehead atoms. The van der Waals surface area contributed by atoms with E-state index in [1.165, 1.54) is 285 Å². The molecule has 2 amide bonds. The number of ether oxygens (including phenoxy) is 3. The smallest absolute Gasteiger partial charge is 0.219 e. The first-order valence-corrected chi connectivity index (χ1v) is 45.8. The Morgan fingerprint density at radius 1 is 0.336 bits per heavy atom. The van der Waals surface area contributed by atoms with Crippen LogP contribution in [-0.2, 0) is 23.8 Å². The van der Waals surface area contributed by atoms with E-state index in [1.54, 1.807) is 13.8 Å². The zero-order valence-corrected chi connectivity index (χ0v) is 77.6. The topological polar surface area (TPSA) is 87.8 Å². The van der Waals surface area contributed by atoms with Crippen molar-refractivity contribution in [3.63, 3.8) is 0 Å². The summed E-state index contributed by atoms with van der Waals surface area (Å²) < 4.78 is 17.1. The molecular formula is C94H192N8O5. The van der Waals surface area contributed by atoms with Crippen molar-refractivity contribution < 1.29 is 23.8 Å². The Kier molecular flexibility index (Phi) is 54.2. The van der Waals surface area contributed by atoms with Gasteiger partial charge in [0.15, 0.2) is 0 Å². The van der Waals surface area contributed by atoms with E-state index in [0.717, 1.165) is 68.6 Å². The number of nitrogens with zero attached hydrogens (tertiary/aromatic N) is 8. The molecule has 0 aromatic rings. The third-order valence-corrected chi connectivity index (χ3v) is 23.2. The average Bonchev–Trinajstić information content (AvgIpc) is 0.904. The van der Waals surface area contributed by atoms with Crippen molar-refractivity contribution in [1.29, 1.82) is 0 Å². The second-order valence-electron chi connectivity index (χ2n) is 41.4. The molecule has 0 spiro atoms. The van der Waals surface area contributed by atoms with Crippen molar-refractivity contribution in [3.8, 4) is 0 Å². The quantitative estimate of drug-likeness (QED) is 0.110. The van der Waals surface area contributed by atoms with E-state index in [9.17, 15) is 9.59 Å². The minimum Gasteiger partial charge on any atom is -0.381 e. The summed E-state index contributed by atoms with van der Waals surface area (Å²) in [7, 11) is 1.82. The predicted octanol–water partition coefficient (Wildman–Crippen LogP) is 22.4. The van der Waals surface area contributed by atoms with Crippen molar-refractivity contribution in [1.82, 2.24) is 39.2 Å². The van der Waals surface area contributed by atoms with Crippen LogP contribution in [-0.4, -0.2) is 231 Å². The fourth-order valence-corrected chi connectivity index (χ4v) is 16.6. The number of piperidine rings is 8. The van der Waals surface area contributed by atoms with Gasteiger partial charge in [-0.25, -0.2) is 0 Å². The zero-order valence-electron chi connectivity index (χ0n) is 77.6. The first-order valence-electron chi connectivity index (χ1n) is 45.8. The van der Waals surface area contributed by atoms with E-state index in [0.29, 0.717) is 40.1 Å². The molecule has 8 aliphatic rings. The normalized spacial score (nSPS) is 21.0. The number of carbonyl (C=O) groups is 2. The standard InChI is InChI=1S/2C14H29N.C13H25NO.C12H25NO.C12H25N.C11H21NO2.C9H19NO.C9H19N/c2*1-5-10-15-11-7-13(8-12-15)6-9-14(2,3)4;1-11(15)14-9-6-12(7-10-14)5-8-13(2,3)4;1-5-8-13-9-6-11(7-10-13)14-12(2,3)4;1-4-7-13-8-5-12(6-9-13)10-11(2)3;1-9(13)12-7-5-10(6-8-12)14-11(2,3)4;1-3-6-10-7-4-9(11-2)5-8-10;1-9(2,3)10-7-5-4-6-8-10/h2*13H,5-12H2,1-4H3;12H,5-10H2,1-4H3;11H,5-10H2,1-4H3;11-12H,4-10H2,1-3H3;10H,5-8H2,1-4H3;9H,3-8H2,1-2H3;4-8H2,1-3H3. The lowest BCUT2D eigenvalue weighted by molar-refractivity contribution is -0.134. The van der Waals surface area contributed by atoms with Gasteiger partial charge < -0.3 is 48.5 Å².